The van der Waals surface area contributed by atoms with Gasteiger partial charge in [-0.2, -0.15) is 0 Å². The quantitative estimate of drug-likeness (QED) is 0.654. The first-order valence-corrected chi connectivity index (χ1v) is 8.53. The lowest BCUT2D eigenvalue weighted by atomic mass is 10.1. The lowest BCUT2D eigenvalue weighted by molar-refractivity contribution is 0.719. The number of hydrogen-bond acceptors (Lipinski definition) is 2. The van der Waals surface area contributed by atoms with Crippen LogP contribution >= 0.6 is 50.9 Å². The van der Waals surface area contributed by atoms with Crippen molar-refractivity contribution in [2.45, 2.75) is 23.1 Å². The Labute approximate surface area is 142 Å². The fourth-order valence-electron chi connectivity index (χ4n) is 1.86. The van der Waals surface area contributed by atoms with Gasteiger partial charge in [-0.1, -0.05) is 57.3 Å². The van der Waals surface area contributed by atoms with Crippen molar-refractivity contribution in [2.75, 3.05) is 0 Å². The third-order valence-electron chi connectivity index (χ3n) is 2.84. The van der Waals surface area contributed by atoms with Gasteiger partial charge in [-0.05, 0) is 36.8 Å². The predicted octanol–water partition coefficient (Wildman–Crippen LogP) is 5.94. The van der Waals surface area contributed by atoms with Crippen LogP contribution in [0.5, 0.6) is 0 Å². The van der Waals surface area contributed by atoms with Crippen molar-refractivity contribution in [2.24, 2.45) is 5.73 Å². The van der Waals surface area contributed by atoms with E-state index in [0.29, 0.717) is 10.0 Å². The molecule has 0 bridgehead atoms. The topological polar surface area (TPSA) is 26.0 Å². The lowest BCUT2D eigenvalue weighted by Gasteiger charge is -2.22. The van der Waals surface area contributed by atoms with Crippen LogP contribution < -0.4 is 5.73 Å². The molecule has 5 heteroatoms. The number of thioether (sulfide) groups is 1. The highest BCUT2D eigenvalue weighted by Gasteiger charge is 2.21. The van der Waals surface area contributed by atoms with Crippen molar-refractivity contribution in [1.82, 2.24) is 0 Å². The number of nitrogens with two attached hydrogens (primary N) is 1. The molecule has 0 amide bonds. The van der Waals surface area contributed by atoms with E-state index in [4.69, 9.17) is 28.9 Å². The van der Waals surface area contributed by atoms with Gasteiger partial charge >= 0.3 is 0 Å². The van der Waals surface area contributed by atoms with Crippen LogP contribution in [0.2, 0.25) is 10.0 Å². The van der Waals surface area contributed by atoms with E-state index in [1.54, 1.807) is 17.8 Å². The van der Waals surface area contributed by atoms with E-state index in [1.165, 1.54) is 0 Å². The Morgan fingerprint density at radius 1 is 1.15 bits per heavy atom. The minimum atomic E-state index is -0.0197. The van der Waals surface area contributed by atoms with Crippen molar-refractivity contribution >= 4 is 50.9 Å². The van der Waals surface area contributed by atoms with Crippen molar-refractivity contribution < 1.29 is 0 Å². The predicted molar refractivity (Wildman–Crippen MR) is 92.9 cm³/mol. The molecule has 2 atom stereocenters. The summed E-state index contributed by atoms with van der Waals surface area (Å²) < 4.78 is 1.05. The zero-order valence-electron chi connectivity index (χ0n) is 10.8. The summed E-state index contributed by atoms with van der Waals surface area (Å²) in [6.45, 7) is 2.00. The van der Waals surface area contributed by atoms with Crippen molar-refractivity contribution in [1.29, 1.82) is 0 Å². The number of benzene rings is 2. The number of halogens is 3. The minimum Gasteiger partial charge on any atom is -0.327 e. The molecule has 2 N–H and O–H groups in total. The smallest absolute Gasteiger partial charge is 0.0543 e. The molecule has 0 heterocycles. The molecule has 0 aliphatic rings. The summed E-state index contributed by atoms with van der Waals surface area (Å²) in [7, 11) is 0. The van der Waals surface area contributed by atoms with Crippen LogP contribution in [-0.4, -0.2) is 6.04 Å². The van der Waals surface area contributed by atoms with Gasteiger partial charge in [0.2, 0.25) is 0 Å². The highest BCUT2D eigenvalue weighted by Crippen LogP contribution is 2.43. The molecule has 0 fully saturated rings. The highest BCUT2D eigenvalue weighted by molar-refractivity contribution is 9.10. The van der Waals surface area contributed by atoms with E-state index in [1.807, 2.05) is 37.3 Å². The Balaban J connectivity index is 2.36. The van der Waals surface area contributed by atoms with E-state index >= 15 is 0 Å². The summed E-state index contributed by atoms with van der Waals surface area (Å²) in [6.07, 6.45) is 0. The average molecular weight is 391 g/mol. The van der Waals surface area contributed by atoms with Crippen LogP contribution in [0.25, 0.3) is 0 Å². The molecule has 2 aromatic rings. The molecule has 0 radical (unpaired) electrons. The van der Waals surface area contributed by atoms with Gasteiger partial charge in [0.1, 0.15) is 0 Å². The Morgan fingerprint density at radius 2 is 1.85 bits per heavy atom. The molecule has 106 valence electrons. The molecule has 0 saturated heterocycles. The van der Waals surface area contributed by atoms with Crippen molar-refractivity contribution in [3.8, 4) is 0 Å². The van der Waals surface area contributed by atoms with Gasteiger partial charge in [0.25, 0.3) is 0 Å². The Hall–Kier alpha value is -0.190. The normalized spacial score (nSPS) is 14.1. The second-order valence-electron chi connectivity index (χ2n) is 4.49. The second-order valence-corrected chi connectivity index (χ2v) is 7.38. The molecule has 20 heavy (non-hydrogen) atoms. The molecule has 2 unspecified atom stereocenters. The van der Waals surface area contributed by atoms with Crippen molar-refractivity contribution in [3.05, 3.63) is 62.5 Å². The van der Waals surface area contributed by atoms with Crippen LogP contribution in [0.3, 0.4) is 0 Å². The maximum Gasteiger partial charge on any atom is 0.0543 e. The van der Waals surface area contributed by atoms with Gasteiger partial charge < -0.3 is 5.73 Å². The van der Waals surface area contributed by atoms with Gasteiger partial charge in [0.05, 0.1) is 10.3 Å². The first kappa shape index (κ1) is 16.2. The average Bonchev–Trinajstić information content (AvgIpc) is 2.40. The molecule has 0 saturated carbocycles. The SMILES string of the molecule is CC(N)C(Sc1cc(Cl)ccc1Cl)c1ccccc1Br. The molecular weight excluding hydrogens is 377 g/mol. The maximum atomic E-state index is 6.24. The first-order chi connectivity index (χ1) is 9.49. The molecular formula is C15H14BrCl2NS. The summed E-state index contributed by atoms with van der Waals surface area (Å²) in [4.78, 5) is 0.942. The van der Waals surface area contributed by atoms with Crippen LogP contribution in [0.15, 0.2) is 51.8 Å². The van der Waals surface area contributed by atoms with Crippen LogP contribution in [-0.2, 0) is 0 Å². The van der Waals surface area contributed by atoms with Gasteiger partial charge in [0, 0.05) is 20.4 Å². The van der Waals surface area contributed by atoms with E-state index in [2.05, 4.69) is 22.0 Å². The first-order valence-electron chi connectivity index (χ1n) is 6.10. The monoisotopic (exact) mass is 389 g/mol. The fourth-order valence-corrected chi connectivity index (χ4v) is 4.23. The van der Waals surface area contributed by atoms with E-state index < -0.39 is 0 Å². The summed E-state index contributed by atoms with van der Waals surface area (Å²) in [5, 5.41) is 1.46. The van der Waals surface area contributed by atoms with Gasteiger partial charge in [-0.3, -0.25) is 0 Å². The van der Waals surface area contributed by atoms with E-state index in [9.17, 15) is 0 Å². The summed E-state index contributed by atoms with van der Waals surface area (Å²) in [6, 6.07) is 13.5. The van der Waals surface area contributed by atoms with Crippen LogP contribution in [0.1, 0.15) is 17.7 Å². The third-order valence-corrected chi connectivity index (χ3v) is 5.76. The second kappa shape index (κ2) is 7.19. The lowest BCUT2D eigenvalue weighted by Crippen LogP contribution is -2.22. The summed E-state index contributed by atoms with van der Waals surface area (Å²) >= 11 is 17.5. The van der Waals surface area contributed by atoms with E-state index in [0.717, 1.165) is 14.9 Å². The number of hydrogen-bond donors (Lipinski definition) is 1. The molecule has 0 aromatic heterocycles. The van der Waals surface area contributed by atoms with E-state index in [-0.39, 0.29) is 11.3 Å². The molecule has 2 aromatic carbocycles. The third kappa shape index (κ3) is 3.92. The van der Waals surface area contributed by atoms with Gasteiger partial charge in [-0.15, -0.1) is 11.8 Å². The fraction of sp³-hybridized carbons (Fsp3) is 0.200. The highest BCUT2D eigenvalue weighted by atomic mass is 79.9. The van der Waals surface area contributed by atoms with Crippen LogP contribution in [0, 0.1) is 0 Å². The largest absolute Gasteiger partial charge is 0.327 e. The Kier molecular flexibility index (Phi) is 5.82. The standard InChI is InChI=1S/C15H14BrCl2NS/c1-9(19)15(11-4-2-3-5-12(11)16)20-14-8-10(17)6-7-13(14)18/h2-9,15H,19H2,1H3. The summed E-state index contributed by atoms with van der Waals surface area (Å²) in [5.41, 5.74) is 7.31. The van der Waals surface area contributed by atoms with Gasteiger partial charge in [-0.25, -0.2) is 0 Å². The molecule has 2 rings (SSSR count). The van der Waals surface area contributed by atoms with Crippen LogP contribution in [0.4, 0.5) is 0 Å². The number of rotatable bonds is 4. The van der Waals surface area contributed by atoms with Crippen molar-refractivity contribution in [3.63, 3.8) is 0 Å². The minimum absolute atomic E-state index is 0.0197. The molecule has 0 aliphatic carbocycles. The maximum absolute atomic E-state index is 6.24. The van der Waals surface area contributed by atoms with Gasteiger partial charge in [0.15, 0.2) is 0 Å². The molecule has 0 aliphatic heterocycles. The summed E-state index contributed by atoms with van der Waals surface area (Å²) in [5.74, 6) is 0. The molecule has 0 spiro atoms. The Bertz CT molecular complexity index is 604. The zero-order chi connectivity index (χ0) is 14.7. The Morgan fingerprint density at radius 3 is 2.50 bits per heavy atom. The molecule has 1 nitrogen and oxygen atoms in total. The zero-order valence-corrected chi connectivity index (χ0v) is 14.7.